The molecule has 0 radical (unpaired) electrons. The predicted octanol–water partition coefficient (Wildman–Crippen LogP) is 2.90. The van der Waals surface area contributed by atoms with E-state index in [9.17, 15) is 4.79 Å². The Hall–Kier alpha value is -1.02. The van der Waals surface area contributed by atoms with Gasteiger partial charge in [-0.1, -0.05) is 30.8 Å². The summed E-state index contributed by atoms with van der Waals surface area (Å²) in [4.78, 5) is 10.9. The Balaban J connectivity index is 2.98. The zero-order chi connectivity index (χ0) is 11.4. The van der Waals surface area contributed by atoms with Gasteiger partial charge in [0.15, 0.2) is 0 Å². The van der Waals surface area contributed by atoms with Crippen molar-refractivity contribution < 1.29 is 4.79 Å². The van der Waals surface area contributed by atoms with E-state index in [1.807, 2.05) is 0 Å². The minimum absolute atomic E-state index is 0.166. The number of rotatable bonds is 4. The molecule has 0 aliphatic heterocycles. The number of carbonyl (C=O) groups excluding carboxylic acids is 1. The molecule has 0 aromatic rings. The third-order valence-corrected chi connectivity index (χ3v) is 2.99. The summed E-state index contributed by atoms with van der Waals surface area (Å²) in [7, 11) is 0. The minimum atomic E-state index is -0.277. The van der Waals surface area contributed by atoms with Gasteiger partial charge in [-0.05, 0) is 36.3 Å². The summed E-state index contributed by atoms with van der Waals surface area (Å²) in [6.45, 7) is 7.50. The average molecular weight is 226 g/mol. The van der Waals surface area contributed by atoms with Crippen molar-refractivity contribution in [2.45, 2.75) is 25.7 Å². The van der Waals surface area contributed by atoms with E-state index in [1.165, 1.54) is 0 Å². The molecule has 1 rings (SSSR count). The van der Waals surface area contributed by atoms with Crippen molar-refractivity contribution in [3.63, 3.8) is 0 Å². The second kappa shape index (κ2) is 5.17. The summed E-state index contributed by atoms with van der Waals surface area (Å²) < 4.78 is 0. The summed E-state index contributed by atoms with van der Waals surface area (Å²) in [5, 5.41) is 0.555. The molecule has 82 valence electrons. The molecule has 15 heavy (non-hydrogen) atoms. The molecule has 0 saturated heterocycles. The standard InChI is InChI=1S/C12H16ClNO/c1-3-10-9(7-12(14)15)5-4-6-11(10)8(2)13/h3,9H,1-2,4-7H2,(H2,14,15). The predicted molar refractivity (Wildman–Crippen MR) is 63.4 cm³/mol. The van der Waals surface area contributed by atoms with Crippen LogP contribution < -0.4 is 5.73 Å². The molecule has 1 amide bonds. The van der Waals surface area contributed by atoms with Crippen molar-refractivity contribution in [2.24, 2.45) is 11.7 Å². The summed E-state index contributed by atoms with van der Waals surface area (Å²) in [6.07, 6.45) is 5.05. The first-order valence-corrected chi connectivity index (χ1v) is 5.42. The van der Waals surface area contributed by atoms with Gasteiger partial charge >= 0.3 is 0 Å². The Morgan fingerprint density at radius 1 is 1.67 bits per heavy atom. The molecule has 0 heterocycles. The largest absolute Gasteiger partial charge is 0.370 e. The Morgan fingerprint density at radius 3 is 2.80 bits per heavy atom. The van der Waals surface area contributed by atoms with Gasteiger partial charge in [0, 0.05) is 11.5 Å². The maximum atomic E-state index is 10.9. The summed E-state index contributed by atoms with van der Waals surface area (Å²) in [6, 6.07) is 0. The van der Waals surface area contributed by atoms with Gasteiger partial charge in [0.25, 0.3) is 0 Å². The number of carbonyl (C=O) groups is 1. The van der Waals surface area contributed by atoms with Gasteiger partial charge in [0.1, 0.15) is 0 Å². The highest BCUT2D eigenvalue weighted by molar-refractivity contribution is 6.31. The molecule has 3 heteroatoms. The highest BCUT2D eigenvalue weighted by Crippen LogP contribution is 2.36. The second-order valence-corrected chi connectivity index (χ2v) is 4.26. The average Bonchev–Trinajstić information content (AvgIpc) is 2.16. The molecule has 0 aromatic carbocycles. The van der Waals surface area contributed by atoms with Crippen LogP contribution in [0.4, 0.5) is 0 Å². The van der Waals surface area contributed by atoms with Gasteiger partial charge in [-0.3, -0.25) is 4.79 Å². The third kappa shape index (κ3) is 2.96. The summed E-state index contributed by atoms with van der Waals surface area (Å²) in [5.41, 5.74) is 7.28. The number of allylic oxidation sites excluding steroid dienone is 4. The van der Waals surface area contributed by atoms with Crippen LogP contribution in [0.15, 0.2) is 35.4 Å². The van der Waals surface area contributed by atoms with Crippen LogP contribution >= 0.6 is 11.6 Å². The Morgan fingerprint density at radius 2 is 2.33 bits per heavy atom. The van der Waals surface area contributed by atoms with Crippen LogP contribution in [-0.4, -0.2) is 5.91 Å². The molecular formula is C12H16ClNO. The van der Waals surface area contributed by atoms with Crippen LogP contribution in [0.25, 0.3) is 0 Å². The molecule has 1 aliphatic carbocycles. The Bertz CT molecular complexity index is 331. The summed E-state index contributed by atoms with van der Waals surface area (Å²) in [5.74, 6) is -0.111. The van der Waals surface area contributed by atoms with Crippen LogP contribution in [0.2, 0.25) is 0 Å². The Kier molecular flexibility index (Phi) is 4.15. The van der Waals surface area contributed by atoms with Crippen LogP contribution in [0.1, 0.15) is 25.7 Å². The number of hydrogen-bond donors (Lipinski definition) is 1. The van der Waals surface area contributed by atoms with Gasteiger partial charge in [0.05, 0.1) is 0 Å². The van der Waals surface area contributed by atoms with Crippen molar-refractivity contribution in [3.8, 4) is 0 Å². The van der Waals surface area contributed by atoms with Crippen molar-refractivity contribution in [1.82, 2.24) is 0 Å². The lowest BCUT2D eigenvalue weighted by atomic mass is 9.80. The van der Waals surface area contributed by atoms with Crippen molar-refractivity contribution >= 4 is 17.5 Å². The van der Waals surface area contributed by atoms with Crippen molar-refractivity contribution in [1.29, 1.82) is 0 Å². The first kappa shape index (κ1) is 12.1. The molecule has 1 aliphatic rings. The lowest BCUT2D eigenvalue weighted by Crippen LogP contribution is -2.20. The number of halogens is 1. The topological polar surface area (TPSA) is 43.1 Å². The van der Waals surface area contributed by atoms with Gasteiger partial charge < -0.3 is 5.73 Å². The van der Waals surface area contributed by atoms with Crippen molar-refractivity contribution in [2.75, 3.05) is 0 Å². The maximum absolute atomic E-state index is 10.9. The molecule has 0 bridgehead atoms. The first-order chi connectivity index (χ1) is 7.06. The molecule has 1 atom stereocenters. The third-order valence-electron chi connectivity index (χ3n) is 2.76. The molecule has 0 saturated carbocycles. The normalized spacial score (nSPS) is 21.3. The van der Waals surface area contributed by atoms with E-state index in [0.717, 1.165) is 30.4 Å². The molecule has 0 fully saturated rings. The van der Waals surface area contributed by atoms with Gasteiger partial charge in [-0.25, -0.2) is 0 Å². The van der Waals surface area contributed by atoms with E-state index in [4.69, 9.17) is 17.3 Å². The highest BCUT2D eigenvalue weighted by atomic mass is 35.5. The summed E-state index contributed by atoms with van der Waals surface area (Å²) >= 11 is 5.92. The smallest absolute Gasteiger partial charge is 0.218 e. The number of hydrogen-bond acceptors (Lipinski definition) is 1. The molecule has 0 aromatic heterocycles. The SMILES string of the molecule is C=CC1=C(C(=C)Cl)CCCC1CC(N)=O. The molecule has 0 spiro atoms. The van der Waals surface area contributed by atoms with E-state index in [2.05, 4.69) is 13.2 Å². The number of amides is 1. The van der Waals surface area contributed by atoms with E-state index in [1.54, 1.807) is 6.08 Å². The number of nitrogens with two attached hydrogens (primary N) is 1. The Labute approximate surface area is 95.5 Å². The van der Waals surface area contributed by atoms with E-state index < -0.39 is 0 Å². The zero-order valence-corrected chi connectivity index (χ0v) is 9.52. The first-order valence-electron chi connectivity index (χ1n) is 5.04. The van der Waals surface area contributed by atoms with Gasteiger partial charge in [-0.2, -0.15) is 0 Å². The van der Waals surface area contributed by atoms with Crippen LogP contribution in [0.3, 0.4) is 0 Å². The second-order valence-electron chi connectivity index (χ2n) is 3.80. The van der Waals surface area contributed by atoms with Gasteiger partial charge in [-0.15, -0.1) is 0 Å². The zero-order valence-electron chi connectivity index (χ0n) is 8.76. The highest BCUT2D eigenvalue weighted by Gasteiger charge is 2.23. The van der Waals surface area contributed by atoms with E-state index in [-0.39, 0.29) is 11.8 Å². The van der Waals surface area contributed by atoms with E-state index in [0.29, 0.717) is 11.5 Å². The number of primary amides is 1. The van der Waals surface area contributed by atoms with Crippen LogP contribution in [0.5, 0.6) is 0 Å². The van der Waals surface area contributed by atoms with Crippen molar-refractivity contribution in [3.05, 3.63) is 35.4 Å². The molecule has 2 nitrogen and oxygen atoms in total. The minimum Gasteiger partial charge on any atom is -0.370 e. The fraction of sp³-hybridized carbons (Fsp3) is 0.417. The molecule has 1 unspecified atom stereocenters. The molecule has 2 N–H and O–H groups in total. The van der Waals surface area contributed by atoms with Crippen LogP contribution in [0, 0.1) is 5.92 Å². The fourth-order valence-corrected chi connectivity index (χ4v) is 2.31. The fourth-order valence-electron chi connectivity index (χ4n) is 2.11. The quantitative estimate of drug-likeness (QED) is 0.786. The van der Waals surface area contributed by atoms with Gasteiger partial charge in [0.2, 0.25) is 5.91 Å². The molecular weight excluding hydrogens is 210 g/mol. The lowest BCUT2D eigenvalue weighted by molar-refractivity contribution is -0.118. The maximum Gasteiger partial charge on any atom is 0.218 e. The monoisotopic (exact) mass is 225 g/mol. The lowest BCUT2D eigenvalue weighted by Gasteiger charge is -2.25. The van der Waals surface area contributed by atoms with Crippen LogP contribution in [-0.2, 0) is 4.79 Å². The van der Waals surface area contributed by atoms with E-state index >= 15 is 0 Å².